The van der Waals surface area contributed by atoms with Crippen LogP contribution in [0.4, 0.5) is 4.39 Å². The molecule has 0 spiro atoms. The van der Waals surface area contributed by atoms with Gasteiger partial charge >= 0.3 is 0 Å². The molecule has 0 atom stereocenters. The van der Waals surface area contributed by atoms with Crippen molar-refractivity contribution in [3.63, 3.8) is 0 Å². The van der Waals surface area contributed by atoms with E-state index in [9.17, 15) is 4.39 Å². The molecule has 0 aliphatic heterocycles. The minimum atomic E-state index is -0.381. The Bertz CT molecular complexity index is 522. The molecular weight excluding hydrogens is 193 g/mol. The highest BCUT2D eigenvalue weighted by atomic mass is 19.1. The fourth-order valence-corrected chi connectivity index (χ4v) is 1.50. The standard InChI is InChI=1S/C12H10FNO/c1-3-8-4-5-14-12-10(8)6-9(15-2)7-11(12)13/h3-7H,1H2,2H3. The van der Waals surface area contributed by atoms with Crippen molar-refractivity contribution in [3.05, 3.63) is 42.4 Å². The van der Waals surface area contributed by atoms with Gasteiger partial charge < -0.3 is 4.74 Å². The summed E-state index contributed by atoms with van der Waals surface area (Å²) in [4.78, 5) is 3.99. The van der Waals surface area contributed by atoms with Crippen LogP contribution in [0.25, 0.3) is 17.0 Å². The highest BCUT2D eigenvalue weighted by Gasteiger charge is 2.07. The van der Waals surface area contributed by atoms with E-state index in [0.29, 0.717) is 16.7 Å². The Balaban J connectivity index is 2.85. The number of nitrogens with zero attached hydrogens (tertiary/aromatic N) is 1. The van der Waals surface area contributed by atoms with Crippen LogP contribution in [0.1, 0.15) is 5.56 Å². The molecule has 2 aromatic rings. The van der Waals surface area contributed by atoms with E-state index >= 15 is 0 Å². The van der Waals surface area contributed by atoms with Crippen molar-refractivity contribution in [1.29, 1.82) is 0 Å². The molecule has 0 bridgehead atoms. The molecule has 1 aromatic carbocycles. The van der Waals surface area contributed by atoms with Gasteiger partial charge in [0.25, 0.3) is 0 Å². The SMILES string of the molecule is C=Cc1ccnc2c(F)cc(OC)cc12. The number of halogens is 1. The normalized spacial score (nSPS) is 10.3. The Labute approximate surface area is 87.0 Å². The topological polar surface area (TPSA) is 22.1 Å². The van der Waals surface area contributed by atoms with Gasteiger partial charge in [0.05, 0.1) is 7.11 Å². The van der Waals surface area contributed by atoms with Gasteiger partial charge in [0.1, 0.15) is 11.3 Å². The van der Waals surface area contributed by atoms with E-state index in [1.165, 1.54) is 13.2 Å². The van der Waals surface area contributed by atoms with Crippen molar-refractivity contribution in [3.8, 4) is 5.75 Å². The van der Waals surface area contributed by atoms with Crippen molar-refractivity contribution in [2.75, 3.05) is 7.11 Å². The van der Waals surface area contributed by atoms with Crippen molar-refractivity contribution in [2.45, 2.75) is 0 Å². The van der Waals surface area contributed by atoms with Crippen LogP contribution in [-0.4, -0.2) is 12.1 Å². The van der Waals surface area contributed by atoms with Crippen LogP contribution in [0, 0.1) is 5.82 Å². The zero-order valence-electron chi connectivity index (χ0n) is 8.33. The highest BCUT2D eigenvalue weighted by Crippen LogP contribution is 2.25. The fraction of sp³-hybridized carbons (Fsp3) is 0.0833. The fourth-order valence-electron chi connectivity index (χ4n) is 1.50. The third-order valence-electron chi connectivity index (χ3n) is 2.26. The molecule has 0 saturated carbocycles. The first-order valence-corrected chi connectivity index (χ1v) is 4.51. The second kappa shape index (κ2) is 3.69. The van der Waals surface area contributed by atoms with Gasteiger partial charge in [-0.25, -0.2) is 4.39 Å². The molecule has 0 fully saturated rings. The van der Waals surface area contributed by atoms with Crippen LogP contribution in [-0.2, 0) is 0 Å². The van der Waals surface area contributed by atoms with E-state index < -0.39 is 0 Å². The Morgan fingerprint density at radius 3 is 2.93 bits per heavy atom. The Morgan fingerprint density at radius 2 is 2.27 bits per heavy atom. The van der Waals surface area contributed by atoms with Gasteiger partial charge in [-0.2, -0.15) is 0 Å². The number of benzene rings is 1. The lowest BCUT2D eigenvalue weighted by molar-refractivity contribution is 0.412. The number of fused-ring (bicyclic) bond motifs is 1. The van der Waals surface area contributed by atoms with Gasteiger partial charge in [-0.05, 0) is 17.7 Å². The van der Waals surface area contributed by atoms with Gasteiger partial charge in [-0.15, -0.1) is 0 Å². The molecule has 2 nitrogen and oxygen atoms in total. The van der Waals surface area contributed by atoms with Crippen LogP contribution < -0.4 is 4.74 Å². The summed E-state index contributed by atoms with van der Waals surface area (Å²) >= 11 is 0. The summed E-state index contributed by atoms with van der Waals surface area (Å²) in [5, 5.41) is 0.712. The van der Waals surface area contributed by atoms with Crippen molar-refractivity contribution < 1.29 is 9.13 Å². The van der Waals surface area contributed by atoms with Crippen LogP contribution in [0.15, 0.2) is 31.0 Å². The summed E-state index contributed by atoms with van der Waals surface area (Å²) in [6.07, 6.45) is 3.23. The smallest absolute Gasteiger partial charge is 0.153 e. The van der Waals surface area contributed by atoms with E-state index in [2.05, 4.69) is 11.6 Å². The zero-order valence-corrected chi connectivity index (χ0v) is 8.33. The Kier molecular flexibility index (Phi) is 2.37. The lowest BCUT2D eigenvalue weighted by Gasteiger charge is -2.05. The molecular formula is C12H10FNO. The number of hydrogen-bond donors (Lipinski definition) is 0. The van der Waals surface area contributed by atoms with Crippen molar-refractivity contribution in [2.24, 2.45) is 0 Å². The van der Waals surface area contributed by atoms with Crippen LogP contribution >= 0.6 is 0 Å². The van der Waals surface area contributed by atoms with Crippen LogP contribution in [0.2, 0.25) is 0 Å². The first kappa shape index (κ1) is 9.65. The average Bonchev–Trinajstić information content (AvgIpc) is 2.28. The monoisotopic (exact) mass is 203 g/mol. The summed E-state index contributed by atoms with van der Waals surface area (Å²) in [7, 11) is 1.50. The molecule has 0 aliphatic rings. The average molecular weight is 203 g/mol. The number of ether oxygens (including phenoxy) is 1. The first-order valence-electron chi connectivity index (χ1n) is 4.51. The van der Waals surface area contributed by atoms with Crippen LogP contribution in [0.5, 0.6) is 5.75 Å². The Hall–Kier alpha value is -1.90. The predicted octanol–water partition coefficient (Wildman–Crippen LogP) is 3.03. The van der Waals surface area contributed by atoms with E-state index in [0.717, 1.165) is 5.56 Å². The molecule has 76 valence electrons. The summed E-state index contributed by atoms with van der Waals surface area (Å²) in [5.41, 5.74) is 1.19. The zero-order chi connectivity index (χ0) is 10.8. The van der Waals surface area contributed by atoms with Crippen molar-refractivity contribution >= 4 is 17.0 Å². The Morgan fingerprint density at radius 1 is 1.47 bits per heavy atom. The van der Waals surface area contributed by atoms with Gasteiger partial charge in [0.2, 0.25) is 0 Å². The highest BCUT2D eigenvalue weighted by molar-refractivity contribution is 5.88. The first-order chi connectivity index (χ1) is 7.26. The number of pyridine rings is 1. The molecule has 15 heavy (non-hydrogen) atoms. The summed E-state index contributed by atoms with van der Waals surface area (Å²) < 4.78 is 18.6. The van der Waals surface area contributed by atoms with Crippen LogP contribution in [0.3, 0.4) is 0 Å². The minimum Gasteiger partial charge on any atom is -0.497 e. The molecule has 0 saturated heterocycles. The van der Waals surface area contributed by atoms with Gasteiger partial charge in [-0.1, -0.05) is 12.7 Å². The number of aromatic nitrogens is 1. The third-order valence-corrected chi connectivity index (χ3v) is 2.26. The lowest BCUT2D eigenvalue weighted by Crippen LogP contribution is -1.90. The maximum Gasteiger partial charge on any atom is 0.153 e. The largest absolute Gasteiger partial charge is 0.497 e. The molecule has 3 heteroatoms. The number of methoxy groups -OCH3 is 1. The molecule has 0 aliphatic carbocycles. The number of rotatable bonds is 2. The molecule has 0 amide bonds. The minimum absolute atomic E-state index is 0.341. The molecule has 1 aromatic heterocycles. The van der Waals surface area contributed by atoms with Gasteiger partial charge in [0.15, 0.2) is 5.82 Å². The lowest BCUT2D eigenvalue weighted by atomic mass is 10.1. The molecule has 0 N–H and O–H groups in total. The van der Waals surface area contributed by atoms with E-state index in [1.54, 1.807) is 24.4 Å². The molecule has 2 rings (SSSR count). The predicted molar refractivity (Wildman–Crippen MR) is 58.3 cm³/mol. The molecule has 0 unspecified atom stereocenters. The van der Waals surface area contributed by atoms with E-state index in [-0.39, 0.29) is 5.82 Å². The summed E-state index contributed by atoms with van der Waals surface area (Å²) in [6, 6.07) is 4.86. The van der Waals surface area contributed by atoms with E-state index in [1.807, 2.05) is 0 Å². The third kappa shape index (κ3) is 1.56. The van der Waals surface area contributed by atoms with Gasteiger partial charge in [0, 0.05) is 17.6 Å². The van der Waals surface area contributed by atoms with Gasteiger partial charge in [-0.3, -0.25) is 4.98 Å². The van der Waals surface area contributed by atoms with E-state index in [4.69, 9.17) is 4.74 Å². The maximum absolute atomic E-state index is 13.6. The maximum atomic E-state index is 13.6. The number of hydrogen-bond acceptors (Lipinski definition) is 2. The quantitative estimate of drug-likeness (QED) is 0.748. The molecule has 1 heterocycles. The second-order valence-electron chi connectivity index (χ2n) is 3.11. The van der Waals surface area contributed by atoms with Crippen molar-refractivity contribution in [1.82, 2.24) is 4.98 Å². The summed E-state index contributed by atoms with van der Waals surface area (Å²) in [6.45, 7) is 3.68. The molecule has 0 radical (unpaired) electrons. The second-order valence-corrected chi connectivity index (χ2v) is 3.11. The summed E-state index contributed by atoms with van der Waals surface area (Å²) in [5.74, 6) is 0.101.